The second kappa shape index (κ2) is 12.2. The van der Waals surface area contributed by atoms with Gasteiger partial charge in [0.05, 0.1) is 35.6 Å². The summed E-state index contributed by atoms with van der Waals surface area (Å²) >= 11 is 0. The van der Waals surface area contributed by atoms with Gasteiger partial charge in [-0.2, -0.15) is 0 Å². The zero-order valence-electron chi connectivity index (χ0n) is 25.3. The highest BCUT2D eigenvalue weighted by molar-refractivity contribution is 6.34. The van der Waals surface area contributed by atoms with E-state index in [0.29, 0.717) is 35.3 Å². The molecule has 0 aliphatic carbocycles. The average Bonchev–Trinajstić information content (AvgIpc) is 3.58. The SMILES string of the molecule is CC(C)(C)OC(=O)C1CCCN1CC1CC(c2ccc(CO)cc2)OC(c2cccc(N3C(=O)c4ccccc4C3=O)c2)O1. The van der Waals surface area contributed by atoms with Crippen molar-refractivity contribution >= 4 is 23.5 Å². The number of carbonyl (C=O) groups is 3. The van der Waals surface area contributed by atoms with Gasteiger partial charge >= 0.3 is 5.97 Å². The second-order valence-corrected chi connectivity index (χ2v) is 12.6. The Morgan fingerprint density at radius 3 is 2.30 bits per heavy atom. The summed E-state index contributed by atoms with van der Waals surface area (Å²) in [6.45, 7) is 6.86. The van der Waals surface area contributed by atoms with Crippen LogP contribution in [0.4, 0.5) is 5.69 Å². The number of hydrogen-bond acceptors (Lipinski definition) is 8. The summed E-state index contributed by atoms with van der Waals surface area (Å²) in [4.78, 5) is 42.7. The predicted molar refractivity (Wildman–Crippen MR) is 163 cm³/mol. The van der Waals surface area contributed by atoms with Crippen LogP contribution in [0.2, 0.25) is 0 Å². The number of carbonyl (C=O) groups excluding carboxylic acids is 3. The first kappa shape index (κ1) is 30.1. The van der Waals surface area contributed by atoms with Crippen molar-refractivity contribution in [1.29, 1.82) is 0 Å². The van der Waals surface area contributed by atoms with E-state index >= 15 is 0 Å². The minimum absolute atomic E-state index is 0.0498. The standard InChI is InChI=1S/C35H38N2O7/c1-35(2,3)44-33(41)29-12-7-17-36(29)20-26-19-30(23-15-13-22(21-38)14-16-23)43-34(42-26)24-8-6-9-25(18-24)37-31(39)27-10-4-5-11-28(27)32(37)40/h4-6,8-11,13-16,18,26,29-30,34,38H,7,12,17,19-21H2,1-3H3. The van der Waals surface area contributed by atoms with Gasteiger partial charge in [0, 0.05) is 18.5 Å². The van der Waals surface area contributed by atoms with Crippen LogP contribution in [0.3, 0.4) is 0 Å². The van der Waals surface area contributed by atoms with Crippen molar-refractivity contribution in [3.63, 3.8) is 0 Å². The van der Waals surface area contributed by atoms with Crippen LogP contribution in [0, 0.1) is 0 Å². The Balaban J connectivity index is 1.26. The van der Waals surface area contributed by atoms with Gasteiger partial charge in [-0.1, -0.05) is 48.5 Å². The van der Waals surface area contributed by atoms with Crippen molar-refractivity contribution in [1.82, 2.24) is 4.90 Å². The molecule has 2 fully saturated rings. The number of ether oxygens (including phenoxy) is 3. The van der Waals surface area contributed by atoms with Crippen LogP contribution < -0.4 is 4.90 Å². The third-order valence-corrected chi connectivity index (χ3v) is 8.29. The van der Waals surface area contributed by atoms with Crippen molar-refractivity contribution in [3.8, 4) is 0 Å². The molecule has 3 aromatic rings. The van der Waals surface area contributed by atoms with Crippen molar-refractivity contribution in [2.45, 2.75) is 76.8 Å². The van der Waals surface area contributed by atoms with E-state index in [0.717, 1.165) is 30.5 Å². The first-order chi connectivity index (χ1) is 21.1. The molecule has 230 valence electrons. The molecule has 0 aromatic heterocycles. The number of hydrogen-bond donors (Lipinski definition) is 1. The van der Waals surface area contributed by atoms with Crippen LogP contribution in [0.1, 0.15) is 89.8 Å². The van der Waals surface area contributed by atoms with E-state index in [1.807, 2.05) is 51.1 Å². The third-order valence-electron chi connectivity index (χ3n) is 8.29. The van der Waals surface area contributed by atoms with E-state index in [1.54, 1.807) is 42.5 Å². The van der Waals surface area contributed by atoms with Crippen LogP contribution in [0.15, 0.2) is 72.8 Å². The highest BCUT2D eigenvalue weighted by atomic mass is 16.7. The van der Waals surface area contributed by atoms with Gasteiger partial charge < -0.3 is 19.3 Å². The Morgan fingerprint density at radius 2 is 1.64 bits per heavy atom. The third kappa shape index (κ3) is 6.19. The maximum absolute atomic E-state index is 13.2. The molecule has 4 unspecified atom stereocenters. The number of fused-ring (bicyclic) bond motifs is 1. The fraction of sp³-hybridized carbons (Fsp3) is 0.400. The molecule has 3 aliphatic rings. The molecule has 0 spiro atoms. The zero-order chi connectivity index (χ0) is 31.0. The van der Waals surface area contributed by atoms with Crippen LogP contribution >= 0.6 is 0 Å². The summed E-state index contributed by atoms with van der Waals surface area (Å²) in [5.41, 5.74) is 3.06. The quantitative estimate of drug-likeness (QED) is 0.287. The molecule has 0 radical (unpaired) electrons. The molecule has 0 saturated carbocycles. The average molecular weight is 599 g/mol. The van der Waals surface area contributed by atoms with Gasteiger partial charge in [0.25, 0.3) is 11.8 Å². The van der Waals surface area contributed by atoms with Crippen molar-refractivity contribution in [2.24, 2.45) is 0 Å². The summed E-state index contributed by atoms with van der Waals surface area (Å²) in [5.74, 6) is -0.950. The predicted octanol–water partition coefficient (Wildman–Crippen LogP) is 5.33. The fourth-order valence-electron chi connectivity index (χ4n) is 6.21. The number of amides is 2. The number of benzene rings is 3. The number of anilines is 1. The van der Waals surface area contributed by atoms with Crippen molar-refractivity contribution in [3.05, 3.63) is 101 Å². The zero-order valence-corrected chi connectivity index (χ0v) is 25.3. The Hall–Kier alpha value is -3.89. The Bertz CT molecular complexity index is 1510. The van der Waals surface area contributed by atoms with Crippen molar-refractivity contribution < 1.29 is 33.7 Å². The lowest BCUT2D eigenvalue weighted by molar-refractivity contribution is -0.253. The smallest absolute Gasteiger partial charge is 0.323 e. The largest absolute Gasteiger partial charge is 0.459 e. The van der Waals surface area contributed by atoms with E-state index in [1.165, 1.54) is 4.90 Å². The van der Waals surface area contributed by atoms with Gasteiger partial charge in [0.1, 0.15) is 11.6 Å². The second-order valence-electron chi connectivity index (χ2n) is 12.6. The number of nitrogens with zero attached hydrogens (tertiary/aromatic N) is 2. The molecular weight excluding hydrogens is 560 g/mol. The number of aliphatic hydroxyl groups excluding tert-OH is 1. The number of imide groups is 1. The highest BCUT2D eigenvalue weighted by Crippen LogP contribution is 2.40. The molecule has 3 heterocycles. The molecule has 9 nitrogen and oxygen atoms in total. The summed E-state index contributed by atoms with van der Waals surface area (Å²) in [6, 6.07) is 21.3. The topological polar surface area (TPSA) is 106 Å². The van der Waals surface area contributed by atoms with Gasteiger partial charge in [-0.15, -0.1) is 0 Å². The first-order valence-corrected chi connectivity index (χ1v) is 15.2. The lowest BCUT2D eigenvalue weighted by Gasteiger charge is -2.39. The molecule has 2 saturated heterocycles. The molecule has 4 atom stereocenters. The normalized spacial score (nSPS) is 24.0. The van der Waals surface area contributed by atoms with Gasteiger partial charge in [0.2, 0.25) is 0 Å². The first-order valence-electron chi connectivity index (χ1n) is 15.2. The molecule has 44 heavy (non-hydrogen) atoms. The Labute approximate surface area is 257 Å². The van der Waals surface area contributed by atoms with Crippen molar-refractivity contribution in [2.75, 3.05) is 18.0 Å². The van der Waals surface area contributed by atoms with Gasteiger partial charge in [-0.05, 0) is 75.5 Å². The van der Waals surface area contributed by atoms with E-state index in [9.17, 15) is 19.5 Å². The maximum Gasteiger partial charge on any atom is 0.323 e. The molecule has 9 heteroatoms. The van der Waals surface area contributed by atoms with E-state index in [-0.39, 0.29) is 42.6 Å². The minimum Gasteiger partial charge on any atom is -0.459 e. The van der Waals surface area contributed by atoms with E-state index in [2.05, 4.69) is 4.90 Å². The van der Waals surface area contributed by atoms with Crippen LogP contribution in [0.5, 0.6) is 0 Å². The Kier molecular flexibility index (Phi) is 8.39. The number of rotatable bonds is 7. The molecule has 2 amide bonds. The fourth-order valence-corrected chi connectivity index (χ4v) is 6.21. The highest BCUT2D eigenvalue weighted by Gasteiger charge is 2.40. The van der Waals surface area contributed by atoms with Crippen LogP contribution in [0.25, 0.3) is 0 Å². The lowest BCUT2D eigenvalue weighted by atomic mass is 9.99. The summed E-state index contributed by atoms with van der Waals surface area (Å²) in [5, 5.41) is 9.54. The number of aliphatic hydroxyl groups is 1. The molecular formula is C35H38N2O7. The molecule has 3 aromatic carbocycles. The summed E-state index contributed by atoms with van der Waals surface area (Å²) < 4.78 is 18.8. The molecule has 6 rings (SSSR count). The molecule has 0 bridgehead atoms. The van der Waals surface area contributed by atoms with Gasteiger partial charge in [-0.25, -0.2) is 4.90 Å². The molecule has 1 N–H and O–H groups in total. The van der Waals surface area contributed by atoms with Gasteiger partial charge in [-0.3, -0.25) is 19.3 Å². The van der Waals surface area contributed by atoms with Gasteiger partial charge in [0.15, 0.2) is 6.29 Å². The maximum atomic E-state index is 13.2. The lowest BCUT2D eigenvalue weighted by Crippen LogP contribution is -2.45. The minimum atomic E-state index is -0.783. The number of likely N-dealkylation sites (tertiary alicyclic amines) is 1. The van der Waals surface area contributed by atoms with Crippen LogP contribution in [-0.2, 0) is 25.6 Å². The number of esters is 1. The monoisotopic (exact) mass is 598 g/mol. The summed E-state index contributed by atoms with van der Waals surface area (Å²) in [6.07, 6.45) is 0.805. The van der Waals surface area contributed by atoms with E-state index < -0.39 is 11.9 Å². The summed E-state index contributed by atoms with van der Waals surface area (Å²) in [7, 11) is 0. The molecule has 3 aliphatic heterocycles. The van der Waals surface area contributed by atoms with E-state index in [4.69, 9.17) is 14.2 Å². The Morgan fingerprint density at radius 1 is 0.932 bits per heavy atom. The van der Waals surface area contributed by atoms with Crippen LogP contribution in [-0.4, -0.2) is 58.6 Å².